The van der Waals surface area contributed by atoms with Gasteiger partial charge in [-0.1, -0.05) is 6.07 Å². The number of hydrogen-bond donors (Lipinski definition) is 0. The molecule has 1 heterocycles. The number of rotatable bonds is 0. The Balaban J connectivity index is 0.000001000. The molecule has 1 nitrogen and oxygen atoms in total. The molecule has 0 aliphatic rings. The Labute approximate surface area is 69.9 Å². The molecule has 0 amide bonds. The molecule has 0 aliphatic carbocycles. The van der Waals surface area contributed by atoms with Crippen molar-refractivity contribution in [3.8, 4) is 0 Å². The monoisotopic (exact) mass is 213 g/mol. The van der Waals surface area contributed by atoms with Crippen LogP contribution < -0.4 is 0 Å². The van der Waals surface area contributed by atoms with E-state index in [-0.39, 0.29) is 17.1 Å². The zero-order chi connectivity index (χ0) is 7.72. The van der Waals surface area contributed by atoms with Gasteiger partial charge in [-0.2, -0.15) is 0 Å². The van der Waals surface area contributed by atoms with Gasteiger partial charge in [0.1, 0.15) is 11.9 Å². The molecular weight excluding hydrogens is 214 g/mol. The maximum absolute atomic E-state index is 11.9. The van der Waals surface area contributed by atoms with E-state index in [1.165, 1.54) is 0 Å². The Morgan fingerprint density at radius 1 is 0.909 bits per heavy atom. The van der Waals surface area contributed by atoms with Crippen molar-refractivity contribution in [1.29, 1.82) is 0 Å². The van der Waals surface area contributed by atoms with Crippen molar-refractivity contribution in [1.82, 2.24) is 4.98 Å². The predicted octanol–water partition coefficient (Wildman–Crippen LogP) is 1.44. The van der Waals surface area contributed by atoms with E-state index < -0.39 is 23.5 Å². The van der Waals surface area contributed by atoms with Gasteiger partial charge in [0.05, 0.1) is 11.6 Å². The summed E-state index contributed by atoms with van der Waals surface area (Å²) in [7, 11) is 0. The molecule has 0 bridgehead atoms. The van der Waals surface area contributed by atoms with Gasteiger partial charge in [0.2, 0.25) is 0 Å². The molecular formula is C5CuF4N. The summed E-state index contributed by atoms with van der Waals surface area (Å²) in [4.78, 5) is 2.26. The average Bonchev–Trinajstić information content (AvgIpc) is 1.84. The second kappa shape index (κ2) is 3.69. The van der Waals surface area contributed by atoms with Crippen LogP contribution in [0.4, 0.5) is 17.6 Å². The van der Waals surface area contributed by atoms with Gasteiger partial charge in [-0.25, -0.2) is 8.78 Å². The van der Waals surface area contributed by atoms with Crippen LogP contribution in [0.3, 0.4) is 0 Å². The number of hydrogen-bond acceptors (Lipinski definition) is 1. The first-order chi connectivity index (χ1) is 4.61. The van der Waals surface area contributed by atoms with Crippen LogP contribution in [0.1, 0.15) is 0 Å². The van der Waals surface area contributed by atoms with E-state index in [2.05, 4.69) is 4.98 Å². The molecule has 1 aromatic heterocycles. The van der Waals surface area contributed by atoms with Gasteiger partial charge >= 0.3 is 17.1 Å². The van der Waals surface area contributed by atoms with Crippen molar-refractivity contribution < 1.29 is 34.6 Å². The van der Waals surface area contributed by atoms with Crippen molar-refractivity contribution in [2.75, 3.05) is 0 Å². The van der Waals surface area contributed by atoms with Crippen LogP contribution in [0, 0.1) is 29.6 Å². The Morgan fingerprint density at radius 2 is 1.27 bits per heavy atom. The molecule has 0 fully saturated rings. The van der Waals surface area contributed by atoms with E-state index in [0.717, 1.165) is 6.07 Å². The molecule has 0 aliphatic heterocycles. The van der Waals surface area contributed by atoms with Crippen LogP contribution in [-0.4, -0.2) is 4.98 Å². The standard InChI is InChI=1S/C5F4N.Cu/c6-2-1-3(7)5(9)10-4(2)8;/q-1;+1. The largest absolute Gasteiger partial charge is 1.00 e. The molecule has 0 radical (unpaired) electrons. The number of aromatic nitrogens is 1. The molecule has 0 atom stereocenters. The van der Waals surface area contributed by atoms with Gasteiger partial charge in [-0.05, 0) is 0 Å². The molecule has 0 aromatic carbocycles. The third kappa shape index (κ3) is 2.16. The molecule has 0 N–H and O–H groups in total. The zero-order valence-corrected chi connectivity index (χ0v) is 5.70. The van der Waals surface area contributed by atoms with E-state index in [4.69, 9.17) is 0 Å². The molecule has 0 spiro atoms. The van der Waals surface area contributed by atoms with Crippen molar-refractivity contribution in [2.45, 2.75) is 0 Å². The smallest absolute Gasteiger partial charge is 0.319 e. The molecule has 0 unspecified atom stereocenters. The third-order valence-electron chi connectivity index (χ3n) is 0.778. The van der Waals surface area contributed by atoms with Crippen LogP contribution in [0.15, 0.2) is 0 Å². The zero-order valence-electron chi connectivity index (χ0n) is 4.76. The second-order valence-electron chi connectivity index (χ2n) is 1.45. The van der Waals surface area contributed by atoms with Crippen LogP contribution in [0.2, 0.25) is 0 Å². The van der Waals surface area contributed by atoms with E-state index >= 15 is 0 Å². The quantitative estimate of drug-likeness (QED) is 0.275. The van der Waals surface area contributed by atoms with E-state index in [9.17, 15) is 17.6 Å². The Bertz CT molecular complexity index is 215. The summed E-state index contributed by atoms with van der Waals surface area (Å²) in [5.74, 6) is -6.64. The fourth-order valence-electron chi connectivity index (χ4n) is 0.384. The van der Waals surface area contributed by atoms with Gasteiger partial charge in [-0.3, -0.25) is 8.78 Å². The maximum Gasteiger partial charge on any atom is 1.00 e. The summed E-state index contributed by atoms with van der Waals surface area (Å²) in [5.41, 5.74) is 0. The van der Waals surface area contributed by atoms with Crippen molar-refractivity contribution in [3.05, 3.63) is 29.6 Å². The van der Waals surface area contributed by atoms with E-state index in [1.807, 2.05) is 0 Å². The summed E-state index contributed by atoms with van der Waals surface area (Å²) >= 11 is 0. The third-order valence-corrected chi connectivity index (χ3v) is 0.778. The van der Waals surface area contributed by atoms with Gasteiger partial charge in [0.25, 0.3) is 0 Å². The fourth-order valence-corrected chi connectivity index (χ4v) is 0.384. The van der Waals surface area contributed by atoms with Crippen LogP contribution in [-0.2, 0) is 17.1 Å². The van der Waals surface area contributed by atoms with Gasteiger partial charge in [0.15, 0.2) is 0 Å². The van der Waals surface area contributed by atoms with Crippen molar-refractivity contribution in [2.24, 2.45) is 0 Å². The summed E-state index contributed by atoms with van der Waals surface area (Å²) in [6.45, 7) is 0. The minimum atomic E-state index is -1.70. The maximum atomic E-state index is 11.9. The summed E-state index contributed by atoms with van der Waals surface area (Å²) in [6, 6.07) is 1.16. The van der Waals surface area contributed by atoms with Crippen molar-refractivity contribution >= 4 is 0 Å². The van der Waals surface area contributed by atoms with Crippen LogP contribution >= 0.6 is 0 Å². The molecule has 64 valence electrons. The predicted molar refractivity (Wildman–Crippen MR) is 22.9 cm³/mol. The Kier molecular flexibility index (Phi) is 3.48. The normalized spacial score (nSPS) is 9.09. The topological polar surface area (TPSA) is 12.9 Å². The molecule has 11 heavy (non-hydrogen) atoms. The summed E-state index contributed by atoms with van der Waals surface area (Å²) in [6.07, 6.45) is 0. The Morgan fingerprint density at radius 3 is 1.55 bits per heavy atom. The molecule has 0 saturated heterocycles. The van der Waals surface area contributed by atoms with E-state index in [1.54, 1.807) is 0 Å². The number of halogens is 4. The second-order valence-corrected chi connectivity index (χ2v) is 1.45. The molecule has 6 heteroatoms. The fraction of sp³-hybridized carbons (Fsp3) is 0. The average molecular weight is 214 g/mol. The van der Waals surface area contributed by atoms with Crippen LogP contribution in [0.25, 0.3) is 0 Å². The first-order valence-electron chi connectivity index (χ1n) is 2.20. The SMILES string of the molecule is Fc1[c-]c(F)c(F)nc1F.[Cu+]. The molecule has 0 saturated carbocycles. The molecule has 1 rings (SSSR count). The minimum absolute atomic E-state index is 0. The molecule has 1 aromatic rings. The minimum Gasteiger partial charge on any atom is -0.319 e. The Hall–Kier alpha value is -0.611. The van der Waals surface area contributed by atoms with Gasteiger partial charge in [-0.15, -0.1) is 0 Å². The van der Waals surface area contributed by atoms with Crippen LogP contribution in [0.5, 0.6) is 0 Å². The summed E-state index contributed by atoms with van der Waals surface area (Å²) < 4.78 is 47.4. The number of nitrogens with zero attached hydrogens (tertiary/aromatic N) is 1. The first kappa shape index (κ1) is 10.4. The number of pyridine rings is 1. The van der Waals surface area contributed by atoms with Crippen molar-refractivity contribution in [3.63, 3.8) is 0 Å². The summed E-state index contributed by atoms with van der Waals surface area (Å²) in [5, 5.41) is 0. The van der Waals surface area contributed by atoms with E-state index in [0.29, 0.717) is 0 Å². The van der Waals surface area contributed by atoms with Gasteiger partial charge in [0, 0.05) is 0 Å². The van der Waals surface area contributed by atoms with Gasteiger partial charge < -0.3 is 4.98 Å². The first-order valence-corrected chi connectivity index (χ1v) is 2.20.